The van der Waals surface area contributed by atoms with Crippen LogP contribution in [-0.4, -0.2) is 35.3 Å². The van der Waals surface area contributed by atoms with Gasteiger partial charge in [-0.2, -0.15) is 11.8 Å². The molecule has 1 saturated heterocycles. The molecule has 0 amide bonds. The molecule has 1 N–H and O–H groups in total. The van der Waals surface area contributed by atoms with E-state index in [9.17, 15) is 0 Å². The Bertz CT molecular complexity index is 244. The Morgan fingerprint density at radius 2 is 2.12 bits per heavy atom. The van der Waals surface area contributed by atoms with Crippen molar-refractivity contribution in [2.24, 2.45) is 0 Å². The summed E-state index contributed by atoms with van der Waals surface area (Å²) in [5, 5.41) is 4.61. The summed E-state index contributed by atoms with van der Waals surface area (Å²) in [5.41, 5.74) is 0.114. The van der Waals surface area contributed by atoms with Crippen LogP contribution >= 0.6 is 11.8 Å². The number of hydrogen-bond donors (Lipinski definition) is 1. The van der Waals surface area contributed by atoms with Crippen molar-refractivity contribution in [3.8, 4) is 0 Å². The van der Waals surface area contributed by atoms with Crippen molar-refractivity contribution < 1.29 is 4.74 Å². The highest BCUT2D eigenvalue weighted by Crippen LogP contribution is 2.31. The van der Waals surface area contributed by atoms with Crippen LogP contribution in [0.2, 0.25) is 0 Å². The second-order valence-corrected chi connectivity index (χ2v) is 7.61. The lowest BCUT2D eigenvalue weighted by Crippen LogP contribution is -2.35. The topological polar surface area (TPSA) is 21.3 Å². The average molecular weight is 257 g/mol. The Hall–Kier alpha value is 0.270. The monoisotopic (exact) mass is 257 g/mol. The molecule has 1 aliphatic heterocycles. The zero-order valence-corrected chi connectivity index (χ0v) is 12.3. The molecule has 1 saturated carbocycles. The largest absolute Gasteiger partial charge is 0.371 e. The molecule has 0 aromatic heterocycles. The van der Waals surface area contributed by atoms with Crippen molar-refractivity contribution >= 4 is 11.8 Å². The predicted molar refractivity (Wildman–Crippen MR) is 75.7 cm³/mol. The summed E-state index contributed by atoms with van der Waals surface area (Å²) in [5.74, 6) is 1.26. The van der Waals surface area contributed by atoms with Gasteiger partial charge in [-0.3, -0.25) is 0 Å². The van der Waals surface area contributed by atoms with Crippen LogP contribution in [0.15, 0.2) is 0 Å². The first kappa shape index (κ1) is 13.7. The summed E-state index contributed by atoms with van der Waals surface area (Å²) in [6.45, 7) is 7.73. The first-order valence-electron chi connectivity index (χ1n) is 7.12. The molecule has 0 aromatic rings. The number of thioether (sulfide) groups is 1. The molecule has 0 spiro atoms. The predicted octanol–water partition coefficient (Wildman–Crippen LogP) is 3.21. The number of rotatable bonds is 5. The summed E-state index contributed by atoms with van der Waals surface area (Å²) < 4.78 is 6.02. The van der Waals surface area contributed by atoms with Crippen LogP contribution in [0.25, 0.3) is 0 Å². The third kappa shape index (κ3) is 4.15. The van der Waals surface area contributed by atoms with Crippen molar-refractivity contribution in [2.45, 2.75) is 75.9 Å². The molecule has 0 radical (unpaired) electrons. The van der Waals surface area contributed by atoms with Gasteiger partial charge in [-0.25, -0.2) is 0 Å². The van der Waals surface area contributed by atoms with Crippen molar-refractivity contribution in [3.05, 3.63) is 0 Å². The average Bonchev–Trinajstić information content (AvgIpc) is 2.83. The molecule has 2 fully saturated rings. The molecule has 1 heterocycles. The lowest BCUT2D eigenvalue weighted by Gasteiger charge is -2.21. The van der Waals surface area contributed by atoms with Gasteiger partial charge in [0.1, 0.15) is 0 Å². The van der Waals surface area contributed by atoms with Crippen LogP contribution in [0.5, 0.6) is 0 Å². The molecule has 1 aliphatic carbocycles. The van der Waals surface area contributed by atoms with E-state index in [1.54, 1.807) is 0 Å². The van der Waals surface area contributed by atoms with E-state index < -0.39 is 0 Å². The highest BCUT2D eigenvalue weighted by molar-refractivity contribution is 7.99. The maximum absolute atomic E-state index is 6.02. The van der Waals surface area contributed by atoms with Gasteiger partial charge in [-0.05, 0) is 51.7 Å². The summed E-state index contributed by atoms with van der Waals surface area (Å²) in [6, 6.07) is 0.742. The van der Waals surface area contributed by atoms with Gasteiger partial charge in [0.15, 0.2) is 0 Å². The van der Waals surface area contributed by atoms with Crippen LogP contribution in [0.1, 0.15) is 52.9 Å². The minimum Gasteiger partial charge on any atom is -0.371 e. The molecule has 3 unspecified atom stereocenters. The smallest absolute Gasteiger partial charge is 0.0707 e. The fourth-order valence-corrected chi connectivity index (χ4v) is 4.17. The van der Waals surface area contributed by atoms with Gasteiger partial charge >= 0.3 is 0 Å². The van der Waals surface area contributed by atoms with Gasteiger partial charge in [0.05, 0.1) is 11.7 Å². The maximum atomic E-state index is 6.02. The third-order valence-electron chi connectivity index (χ3n) is 3.98. The van der Waals surface area contributed by atoms with E-state index in [0.29, 0.717) is 6.10 Å². The lowest BCUT2D eigenvalue weighted by atomic mass is 10.1. The van der Waals surface area contributed by atoms with Crippen LogP contribution in [0.3, 0.4) is 0 Å². The van der Waals surface area contributed by atoms with E-state index in [4.69, 9.17) is 4.74 Å². The molecule has 17 heavy (non-hydrogen) atoms. The van der Waals surface area contributed by atoms with Gasteiger partial charge in [-0.15, -0.1) is 0 Å². The molecule has 0 bridgehead atoms. The Morgan fingerprint density at radius 3 is 2.76 bits per heavy atom. The molecule has 2 nitrogen and oxygen atoms in total. The second-order valence-electron chi connectivity index (χ2n) is 6.03. The minimum absolute atomic E-state index is 0.114. The van der Waals surface area contributed by atoms with E-state index in [1.165, 1.54) is 37.9 Å². The third-order valence-corrected chi connectivity index (χ3v) is 5.21. The van der Waals surface area contributed by atoms with Crippen molar-refractivity contribution in [2.75, 3.05) is 12.3 Å². The quantitative estimate of drug-likeness (QED) is 0.817. The maximum Gasteiger partial charge on any atom is 0.0707 e. The van der Waals surface area contributed by atoms with Gasteiger partial charge < -0.3 is 10.1 Å². The molecule has 2 aliphatic rings. The summed E-state index contributed by atoms with van der Waals surface area (Å²) in [7, 11) is 0. The van der Waals surface area contributed by atoms with Crippen molar-refractivity contribution in [3.63, 3.8) is 0 Å². The van der Waals surface area contributed by atoms with E-state index in [1.807, 2.05) is 0 Å². The molecule has 3 heteroatoms. The van der Waals surface area contributed by atoms with E-state index in [2.05, 4.69) is 37.8 Å². The Labute approximate surface area is 110 Å². The molecule has 3 atom stereocenters. The molecular formula is C14H27NOS. The zero-order valence-electron chi connectivity index (χ0n) is 11.5. The molecular weight excluding hydrogens is 230 g/mol. The van der Waals surface area contributed by atoms with Crippen LogP contribution in [0.4, 0.5) is 0 Å². The van der Waals surface area contributed by atoms with E-state index in [-0.39, 0.29) is 5.60 Å². The number of nitrogens with one attached hydrogen (secondary N) is 1. The highest BCUT2D eigenvalue weighted by Gasteiger charge is 2.32. The first-order valence-corrected chi connectivity index (χ1v) is 8.17. The summed E-state index contributed by atoms with van der Waals surface area (Å²) >= 11 is 2.13. The molecule has 2 rings (SSSR count). The number of hydrogen-bond acceptors (Lipinski definition) is 3. The zero-order chi connectivity index (χ0) is 12.3. The van der Waals surface area contributed by atoms with Crippen LogP contribution in [0, 0.1) is 0 Å². The van der Waals surface area contributed by atoms with Gasteiger partial charge in [0.2, 0.25) is 0 Å². The Morgan fingerprint density at radius 1 is 1.29 bits per heavy atom. The van der Waals surface area contributed by atoms with Crippen molar-refractivity contribution in [1.82, 2.24) is 5.32 Å². The van der Waals surface area contributed by atoms with Gasteiger partial charge in [-0.1, -0.05) is 6.92 Å². The van der Waals surface area contributed by atoms with Crippen LogP contribution in [-0.2, 0) is 4.74 Å². The Kier molecular flexibility index (Phi) is 4.79. The minimum atomic E-state index is 0.114. The summed E-state index contributed by atoms with van der Waals surface area (Å²) in [6.07, 6.45) is 6.98. The number of ether oxygens (including phenoxy) is 1. The summed E-state index contributed by atoms with van der Waals surface area (Å²) in [4.78, 5) is 0. The lowest BCUT2D eigenvalue weighted by molar-refractivity contribution is -0.0150. The second kappa shape index (κ2) is 5.94. The van der Waals surface area contributed by atoms with E-state index >= 15 is 0 Å². The van der Waals surface area contributed by atoms with Crippen molar-refractivity contribution in [1.29, 1.82) is 0 Å². The first-order chi connectivity index (χ1) is 8.09. The van der Waals surface area contributed by atoms with E-state index in [0.717, 1.165) is 17.8 Å². The fourth-order valence-electron chi connectivity index (χ4n) is 3.03. The fraction of sp³-hybridized carbons (Fsp3) is 1.00. The van der Waals surface area contributed by atoms with Crippen LogP contribution < -0.4 is 5.32 Å². The standard InChI is InChI=1S/C14H27NOS/c1-4-17-13-6-5-11(9-13)15-10-12-7-8-14(2,3)16-12/h11-13,15H,4-10H2,1-3H3. The Balaban J connectivity index is 1.63. The highest BCUT2D eigenvalue weighted by atomic mass is 32.2. The van der Waals surface area contributed by atoms with Gasteiger partial charge in [0, 0.05) is 17.8 Å². The SMILES string of the molecule is CCSC1CCC(NCC2CCC(C)(C)O2)C1. The normalized spacial score (nSPS) is 36.5. The molecule has 0 aromatic carbocycles. The van der Waals surface area contributed by atoms with Gasteiger partial charge in [0.25, 0.3) is 0 Å². The molecule has 100 valence electrons.